The molecule has 96 valence electrons. The van der Waals surface area contributed by atoms with Gasteiger partial charge in [-0.1, -0.05) is 18.5 Å². The fourth-order valence-corrected chi connectivity index (χ4v) is 2.51. The van der Waals surface area contributed by atoms with Gasteiger partial charge in [-0.15, -0.1) is 11.3 Å². The summed E-state index contributed by atoms with van der Waals surface area (Å²) in [4.78, 5) is 4.50. The van der Waals surface area contributed by atoms with Crippen molar-refractivity contribution in [3.05, 3.63) is 39.4 Å². The highest BCUT2D eigenvalue weighted by atomic mass is 35.5. The van der Waals surface area contributed by atoms with E-state index in [1.807, 2.05) is 5.38 Å². The Labute approximate surface area is 115 Å². The predicted molar refractivity (Wildman–Crippen MR) is 74.5 cm³/mol. The summed E-state index contributed by atoms with van der Waals surface area (Å²) in [7, 11) is 0. The second-order valence-corrected chi connectivity index (χ2v) is 5.28. The summed E-state index contributed by atoms with van der Waals surface area (Å²) in [6.07, 6.45) is 1.10. The van der Waals surface area contributed by atoms with Crippen molar-refractivity contribution in [3.8, 4) is 11.3 Å². The molecule has 0 aliphatic rings. The number of aromatic nitrogens is 1. The molecule has 0 atom stereocenters. The molecule has 0 aliphatic carbocycles. The molecule has 2 rings (SSSR count). The van der Waals surface area contributed by atoms with Crippen LogP contribution in [0.25, 0.3) is 11.3 Å². The van der Waals surface area contributed by atoms with Crippen LogP contribution in [-0.2, 0) is 6.54 Å². The summed E-state index contributed by atoms with van der Waals surface area (Å²) in [6.45, 7) is 3.88. The molecule has 1 heterocycles. The third-order valence-electron chi connectivity index (χ3n) is 2.47. The first-order chi connectivity index (χ1) is 8.70. The number of hydrogen-bond acceptors (Lipinski definition) is 3. The minimum absolute atomic E-state index is 0.131. The summed E-state index contributed by atoms with van der Waals surface area (Å²) in [5.74, 6) is -0.402. The summed E-state index contributed by atoms with van der Waals surface area (Å²) >= 11 is 7.36. The van der Waals surface area contributed by atoms with E-state index in [1.54, 1.807) is 23.5 Å². The predicted octanol–water partition coefficient (Wildman–Crippen LogP) is 4.10. The fraction of sp³-hybridized carbons (Fsp3) is 0.308. The van der Waals surface area contributed by atoms with E-state index in [-0.39, 0.29) is 5.02 Å². The zero-order chi connectivity index (χ0) is 13.0. The standard InChI is InChI=1S/C13H14ClFN2S/c1-2-5-16-7-13-17-12(8-18-13)9-3-4-11(15)10(14)6-9/h3-4,6,8,16H,2,5,7H2,1H3. The van der Waals surface area contributed by atoms with Crippen molar-refractivity contribution in [2.45, 2.75) is 19.9 Å². The fourth-order valence-electron chi connectivity index (χ4n) is 1.55. The molecular weight excluding hydrogens is 271 g/mol. The van der Waals surface area contributed by atoms with E-state index in [4.69, 9.17) is 11.6 Å². The maximum atomic E-state index is 13.1. The lowest BCUT2D eigenvalue weighted by Gasteiger charge is -2.00. The topological polar surface area (TPSA) is 24.9 Å². The average Bonchev–Trinajstić information content (AvgIpc) is 2.82. The van der Waals surface area contributed by atoms with E-state index in [0.717, 1.165) is 35.8 Å². The van der Waals surface area contributed by atoms with Gasteiger partial charge in [-0.05, 0) is 31.2 Å². The molecule has 5 heteroatoms. The van der Waals surface area contributed by atoms with Crippen LogP contribution in [0.15, 0.2) is 23.6 Å². The molecule has 0 spiro atoms. The SMILES string of the molecule is CCCNCc1nc(-c2ccc(F)c(Cl)c2)cs1. The zero-order valence-corrected chi connectivity index (χ0v) is 11.6. The molecule has 0 fully saturated rings. The van der Waals surface area contributed by atoms with Crippen molar-refractivity contribution in [1.82, 2.24) is 10.3 Å². The number of nitrogens with one attached hydrogen (secondary N) is 1. The number of rotatable bonds is 5. The van der Waals surface area contributed by atoms with Gasteiger partial charge in [0.25, 0.3) is 0 Å². The molecule has 0 radical (unpaired) electrons. The molecule has 18 heavy (non-hydrogen) atoms. The van der Waals surface area contributed by atoms with Crippen LogP contribution >= 0.6 is 22.9 Å². The van der Waals surface area contributed by atoms with E-state index in [1.165, 1.54) is 6.07 Å². The molecule has 1 aromatic carbocycles. The number of benzene rings is 1. The number of hydrogen-bond donors (Lipinski definition) is 1. The lowest BCUT2D eigenvalue weighted by molar-refractivity contribution is 0.628. The van der Waals surface area contributed by atoms with Crippen LogP contribution in [-0.4, -0.2) is 11.5 Å². The van der Waals surface area contributed by atoms with E-state index in [9.17, 15) is 4.39 Å². The van der Waals surface area contributed by atoms with E-state index in [2.05, 4.69) is 17.2 Å². The third kappa shape index (κ3) is 3.28. The van der Waals surface area contributed by atoms with Crippen LogP contribution in [0.3, 0.4) is 0 Å². The molecule has 0 saturated heterocycles. The van der Waals surface area contributed by atoms with Gasteiger partial charge in [0, 0.05) is 17.5 Å². The smallest absolute Gasteiger partial charge is 0.141 e. The van der Waals surface area contributed by atoms with Gasteiger partial charge in [-0.25, -0.2) is 9.37 Å². The first kappa shape index (κ1) is 13.5. The first-order valence-corrected chi connectivity index (χ1v) is 7.07. The molecule has 1 aromatic heterocycles. The van der Waals surface area contributed by atoms with Gasteiger partial charge in [0.15, 0.2) is 0 Å². The van der Waals surface area contributed by atoms with Gasteiger partial charge in [0.2, 0.25) is 0 Å². The quantitative estimate of drug-likeness (QED) is 0.836. The summed E-state index contributed by atoms with van der Waals surface area (Å²) in [5.41, 5.74) is 1.69. The van der Waals surface area contributed by atoms with Crippen LogP contribution in [0.5, 0.6) is 0 Å². The Hall–Kier alpha value is -0.970. The highest BCUT2D eigenvalue weighted by molar-refractivity contribution is 7.09. The van der Waals surface area contributed by atoms with Crippen molar-refractivity contribution in [2.75, 3.05) is 6.54 Å². The highest BCUT2D eigenvalue weighted by Crippen LogP contribution is 2.26. The lowest BCUT2D eigenvalue weighted by atomic mass is 10.2. The van der Waals surface area contributed by atoms with Crippen molar-refractivity contribution in [3.63, 3.8) is 0 Å². The minimum atomic E-state index is -0.402. The van der Waals surface area contributed by atoms with Crippen LogP contribution in [0, 0.1) is 5.82 Å². The summed E-state index contributed by atoms with van der Waals surface area (Å²) in [5, 5.41) is 6.42. The Kier molecular flexibility index (Phi) is 4.69. The summed E-state index contributed by atoms with van der Waals surface area (Å²) < 4.78 is 13.1. The monoisotopic (exact) mass is 284 g/mol. The van der Waals surface area contributed by atoms with Crippen LogP contribution < -0.4 is 5.32 Å². The molecule has 0 amide bonds. The van der Waals surface area contributed by atoms with Crippen LogP contribution in [0.1, 0.15) is 18.4 Å². The molecule has 0 unspecified atom stereocenters. The molecule has 2 aromatic rings. The normalized spacial score (nSPS) is 10.8. The Bertz CT molecular complexity index is 527. The minimum Gasteiger partial charge on any atom is -0.310 e. The maximum absolute atomic E-state index is 13.1. The third-order valence-corrected chi connectivity index (χ3v) is 3.61. The van der Waals surface area contributed by atoms with Gasteiger partial charge in [0.1, 0.15) is 10.8 Å². The Morgan fingerprint density at radius 2 is 2.28 bits per heavy atom. The van der Waals surface area contributed by atoms with E-state index < -0.39 is 5.82 Å². The lowest BCUT2D eigenvalue weighted by Crippen LogP contribution is -2.13. The molecular formula is C13H14ClFN2S. The van der Waals surface area contributed by atoms with Crippen LogP contribution in [0.4, 0.5) is 4.39 Å². The second-order valence-electron chi connectivity index (χ2n) is 3.93. The van der Waals surface area contributed by atoms with Gasteiger partial charge < -0.3 is 5.32 Å². The van der Waals surface area contributed by atoms with E-state index >= 15 is 0 Å². The van der Waals surface area contributed by atoms with Crippen molar-refractivity contribution >= 4 is 22.9 Å². The van der Waals surface area contributed by atoms with Crippen LogP contribution in [0.2, 0.25) is 5.02 Å². The molecule has 0 aliphatic heterocycles. The maximum Gasteiger partial charge on any atom is 0.141 e. The number of thiazole rings is 1. The average molecular weight is 285 g/mol. The second kappa shape index (κ2) is 6.27. The zero-order valence-electron chi connectivity index (χ0n) is 10.0. The highest BCUT2D eigenvalue weighted by Gasteiger charge is 2.07. The Morgan fingerprint density at radius 3 is 3.00 bits per heavy atom. The van der Waals surface area contributed by atoms with Crippen molar-refractivity contribution < 1.29 is 4.39 Å². The van der Waals surface area contributed by atoms with Crippen molar-refractivity contribution in [1.29, 1.82) is 0 Å². The van der Waals surface area contributed by atoms with Crippen molar-refractivity contribution in [2.24, 2.45) is 0 Å². The molecule has 2 nitrogen and oxygen atoms in total. The summed E-state index contributed by atoms with van der Waals surface area (Å²) in [6, 6.07) is 4.67. The van der Waals surface area contributed by atoms with Gasteiger partial charge in [-0.2, -0.15) is 0 Å². The Morgan fingerprint density at radius 1 is 1.44 bits per heavy atom. The molecule has 0 saturated carbocycles. The largest absolute Gasteiger partial charge is 0.310 e. The van der Waals surface area contributed by atoms with E-state index in [0.29, 0.717) is 0 Å². The van der Waals surface area contributed by atoms with Gasteiger partial charge >= 0.3 is 0 Å². The Balaban J connectivity index is 2.11. The molecule has 0 bridgehead atoms. The van der Waals surface area contributed by atoms with Gasteiger partial charge in [-0.3, -0.25) is 0 Å². The molecule has 1 N–H and O–H groups in total. The van der Waals surface area contributed by atoms with Gasteiger partial charge in [0.05, 0.1) is 10.7 Å². The number of halogens is 2. The number of nitrogens with zero attached hydrogens (tertiary/aromatic N) is 1. The first-order valence-electron chi connectivity index (χ1n) is 5.81.